The number of esters is 1. The van der Waals surface area contributed by atoms with Crippen LogP contribution in [0.4, 0.5) is 0 Å². The van der Waals surface area contributed by atoms with E-state index in [0.717, 1.165) is 0 Å². The van der Waals surface area contributed by atoms with Gasteiger partial charge in [-0.1, -0.05) is 11.6 Å². The summed E-state index contributed by atoms with van der Waals surface area (Å²) in [4.78, 5) is 29.4. The largest absolute Gasteiger partial charge is 0.465 e. The minimum Gasteiger partial charge on any atom is -0.465 e. The van der Waals surface area contributed by atoms with Gasteiger partial charge in [-0.05, 0) is 19.1 Å². The van der Waals surface area contributed by atoms with Gasteiger partial charge in [0.1, 0.15) is 6.54 Å². The Bertz CT molecular complexity index is 761. The maximum Gasteiger partial charge on any atom is 0.325 e. The number of amides is 1. The summed E-state index contributed by atoms with van der Waals surface area (Å²) >= 11 is 6.11. The van der Waals surface area contributed by atoms with E-state index in [-0.39, 0.29) is 24.1 Å². The van der Waals surface area contributed by atoms with E-state index in [2.05, 4.69) is 10.3 Å². The molecule has 1 aromatic heterocycles. The van der Waals surface area contributed by atoms with Crippen molar-refractivity contribution in [1.82, 2.24) is 15.2 Å². The Kier molecular flexibility index (Phi) is 4.29. The molecule has 1 atom stereocenters. The molecule has 1 aromatic rings. The smallest absolute Gasteiger partial charge is 0.325 e. The molecule has 0 aromatic carbocycles. The van der Waals surface area contributed by atoms with Crippen molar-refractivity contribution in [3.8, 4) is 0 Å². The average Bonchev–Trinajstić information content (AvgIpc) is 2.79. The van der Waals surface area contributed by atoms with E-state index in [1.54, 1.807) is 30.2 Å². The summed E-state index contributed by atoms with van der Waals surface area (Å²) in [7, 11) is 0. The minimum atomic E-state index is -1.71. The van der Waals surface area contributed by atoms with E-state index in [9.17, 15) is 14.7 Å². The predicted octanol–water partition coefficient (Wildman–Crippen LogP) is 0.699. The molecule has 0 saturated heterocycles. The summed E-state index contributed by atoms with van der Waals surface area (Å²) in [6.45, 7) is 2.25. The number of aromatic nitrogens is 1. The lowest BCUT2D eigenvalue weighted by Crippen LogP contribution is -2.41. The van der Waals surface area contributed by atoms with Crippen molar-refractivity contribution in [1.29, 1.82) is 0 Å². The van der Waals surface area contributed by atoms with Crippen LogP contribution in [0, 0.1) is 0 Å². The summed E-state index contributed by atoms with van der Waals surface area (Å²) in [6, 6.07) is 1.55. The molecule has 8 heteroatoms. The second-order valence-electron chi connectivity index (χ2n) is 5.44. The Hall–Kier alpha value is -2.38. The highest BCUT2D eigenvalue weighted by molar-refractivity contribution is 6.31. The Morgan fingerprint density at radius 2 is 2.38 bits per heavy atom. The molecule has 2 aliphatic heterocycles. The van der Waals surface area contributed by atoms with E-state index in [0.29, 0.717) is 23.3 Å². The average molecular weight is 350 g/mol. The van der Waals surface area contributed by atoms with Gasteiger partial charge in [0.05, 0.1) is 11.6 Å². The number of rotatable bonds is 4. The summed E-state index contributed by atoms with van der Waals surface area (Å²) in [5, 5.41) is 13.8. The van der Waals surface area contributed by atoms with E-state index < -0.39 is 11.6 Å². The van der Waals surface area contributed by atoms with Crippen molar-refractivity contribution in [2.75, 3.05) is 19.7 Å². The lowest BCUT2D eigenvalue weighted by Gasteiger charge is -2.28. The first-order chi connectivity index (χ1) is 11.5. The molecule has 0 bridgehead atoms. The number of carbonyl (C=O) groups is 2. The highest BCUT2D eigenvalue weighted by Crippen LogP contribution is 2.39. The Labute approximate surface area is 143 Å². The van der Waals surface area contributed by atoms with E-state index >= 15 is 0 Å². The van der Waals surface area contributed by atoms with Crippen LogP contribution in [0.5, 0.6) is 0 Å². The molecule has 0 radical (unpaired) electrons. The number of pyridine rings is 1. The van der Waals surface area contributed by atoms with Gasteiger partial charge in [-0.2, -0.15) is 0 Å². The zero-order valence-corrected chi connectivity index (χ0v) is 13.7. The van der Waals surface area contributed by atoms with Gasteiger partial charge in [0, 0.05) is 41.8 Å². The molecule has 1 amide bonds. The van der Waals surface area contributed by atoms with Gasteiger partial charge in [-0.25, -0.2) is 0 Å². The quantitative estimate of drug-likeness (QED) is 0.777. The van der Waals surface area contributed by atoms with Crippen LogP contribution in [0.25, 0.3) is 0 Å². The SMILES string of the molecule is CCOC(=O)CN1C=CC2=C(C1)C(=O)NC2(O)c1ccncc1Cl. The number of ether oxygens (including phenoxy) is 1. The Morgan fingerprint density at radius 1 is 1.58 bits per heavy atom. The predicted molar refractivity (Wildman–Crippen MR) is 85.7 cm³/mol. The molecule has 126 valence electrons. The van der Waals surface area contributed by atoms with E-state index in [1.165, 1.54) is 12.4 Å². The van der Waals surface area contributed by atoms with Gasteiger partial charge in [0.2, 0.25) is 0 Å². The van der Waals surface area contributed by atoms with Crippen LogP contribution in [0.1, 0.15) is 12.5 Å². The number of aliphatic hydroxyl groups is 1. The van der Waals surface area contributed by atoms with E-state index in [1.807, 2.05) is 0 Å². The lowest BCUT2D eigenvalue weighted by atomic mass is 9.93. The first-order valence-corrected chi connectivity index (χ1v) is 7.80. The van der Waals surface area contributed by atoms with Gasteiger partial charge in [0.25, 0.3) is 5.91 Å². The van der Waals surface area contributed by atoms with Gasteiger partial charge in [0.15, 0.2) is 5.72 Å². The van der Waals surface area contributed by atoms with Gasteiger partial charge >= 0.3 is 5.97 Å². The van der Waals surface area contributed by atoms with Crippen LogP contribution in [-0.2, 0) is 20.1 Å². The molecule has 1 unspecified atom stereocenters. The first-order valence-electron chi connectivity index (χ1n) is 7.42. The number of carbonyl (C=O) groups excluding carboxylic acids is 2. The zero-order chi connectivity index (χ0) is 17.3. The fourth-order valence-electron chi connectivity index (χ4n) is 2.82. The molecular formula is C16H16ClN3O4. The molecule has 3 heterocycles. The number of nitrogens with one attached hydrogen (secondary N) is 1. The molecule has 0 fully saturated rings. The van der Waals surface area contributed by atoms with Crippen molar-refractivity contribution >= 4 is 23.5 Å². The molecule has 0 spiro atoms. The zero-order valence-electron chi connectivity index (χ0n) is 13.0. The van der Waals surface area contributed by atoms with Crippen molar-refractivity contribution < 1.29 is 19.4 Å². The fraction of sp³-hybridized carbons (Fsp3) is 0.312. The molecular weight excluding hydrogens is 334 g/mol. The molecule has 2 N–H and O–H groups in total. The molecule has 3 rings (SSSR count). The summed E-state index contributed by atoms with van der Waals surface area (Å²) < 4.78 is 4.90. The highest BCUT2D eigenvalue weighted by Gasteiger charge is 2.46. The molecule has 0 aliphatic carbocycles. The standard InChI is InChI=1S/C16H16ClN3O4/c1-2-24-14(21)9-20-6-4-11-10(8-20)15(22)19-16(11,23)12-3-5-18-7-13(12)17/h3-7,23H,2,8-9H2,1H3,(H,19,22). The third-order valence-corrected chi connectivity index (χ3v) is 4.20. The fourth-order valence-corrected chi connectivity index (χ4v) is 3.08. The maximum atomic E-state index is 12.3. The second-order valence-corrected chi connectivity index (χ2v) is 5.85. The van der Waals surface area contributed by atoms with Crippen LogP contribution in [-0.4, -0.2) is 46.6 Å². The number of halogens is 1. The molecule has 7 nitrogen and oxygen atoms in total. The first kappa shape index (κ1) is 16.5. The van der Waals surface area contributed by atoms with Gasteiger partial charge in [-0.3, -0.25) is 14.6 Å². The van der Waals surface area contributed by atoms with Crippen molar-refractivity contribution in [3.63, 3.8) is 0 Å². The highest BCUT2D eigenvalue weighted by atomic mass is 35.5. The Morgan fingerprint density at radius 3 is 3.08 bits per heavy atom. The normalized spacial score (nSPS) is 22.5. The third kappa shape index (κ3) is 2.76. The summed E-state index contributed by atoms with van der Waals surface area (Å²) in [5.74, 6) is -0.782. The van der Waals surface area contributed by atoms with Crippen molar-refractivity contribution in [2.45, 2.75) is 12.6 Å². The van der Waals surface area contributed by atoms with Crippen molar-refractivity contribution in [2.24, 2.45) is 0 Å². The molecule has 0 saturated carbocycles. The second kappa shape index (κ2) is 6.26. The molecule has 24 heavy (non-hydrogen) atoms. The van der Waals surface area contributed by atoms with Crippen LogP contribution in [0.3, 0.4) is 0 Å². The monoisotopic (exact) mass is 349 g/mol. The maximum absolute atomic E-state index is 12.3. The van der Waals surface area contributed by atoms with Gasteiger partial charge in [-0.15, -0.1) is 0 Å². The van der Waals surface area contributed by atoms with Crippen molar-refractivity contribution in [3.05, 3.63) is 52.5 Å². The number of hydrogen-bond acceptors (Lipinski definition) is 6. The van der Waals surface area contributed by atoms with Crippen LogP contribution in [0.2, 0.25) is 5.02 Å². The van der Waals surface area contributed by atoms with Crippen LogP contribution in [0.15, 0.2) is 41.9 Å². The third-order valence-electron chi connectivity index (χ3n) is 3.90. The Balaban J connectivity index is 1.88. The van der Waals surface area contributed by atoms with Crippen LogP contribution < -0.4 is 5.32 Å². The summed E-state index contributed by atoms with van der Waals surface area (Å²) in [5.41, 5.74) is -0.558. The van der Waals surface area contributed by atoms with Gasteiger partial charge < -0.3 is 20.1 Å². The lowest BCUT2D eigenvalue weighted by molar-refractivity contribution is -0.143. The number of nitrogens with zero attached hydrogens (tertiary/aromatic N) is 2. The molecule has 2 aliphatic rings. The number of hydrogen-bond donors (Lipinski definition) is 2. The minimum absolute atomic E-state index is 0.0306. The van der Waals surface area contributed by atoms with E-state index in [4.69, 9.17) is 16.3 Å². The summed E-state index contributed by atoms with van der Waals surface area (Å²) in [6.07, 6.45) is 6.14. The van der Waals surface area contributed by atoms with Crippen LogP contribution >= 0.6 is 11.6 Å². The topological polar surface area (TPSA) is 91.8 Å².